The van der Waals surface area contributed by atoms with E-state index in [0.717, 1.165) is 73.8 Å². The van der Waals surface area contributed by atoms with Crippen molar-refractivity contribution in [2.45, 2.75) is 75.8 Å². The number of anilines is 1. The second-order valence-corrected chi connectivity index (χ2v) is 12.5. The van der Waals surface area contributed by atoms with Crippen molar-refractivity contribution in [2.75, 3.05) is 19.3 Å². The van der Waals surface area contributed by atoms with Crippen molar-refractivity contribution in [1.82, 2.24) is 29.8 Å². The molecule has 9 nitrogen and oxygen atoms in total. The summed E-state index contributed by atoms with van der Waals surface area (Å²) in [5.41, 5.74) is 10.0. The van der Waals surface area contributed by atoms with Crippen molar-refractivity contribution in [3.05, 3.63) is 38.7 Å². The first kappa shape index (κ1) is 24.1. The van der Waals surface area contributed by atoms with E-state index in [9.17, 15) is 5.26 Å². The second kappa shape index (κ2) is 8.76. The number of nitrogen functional groups attached to an aromatic ring is 1. The van der Waals surface area contributed by atoms with E-state index in [2.05, 4.69) is 40.2 Å². The van der Waals surface area contributed by atoms with Crippen molar-refractivity contribution in [3.63, 3.8) is 0 Å². The Hall–Kier alpha value is -3.00. The molecule has 4 aromatic heterocycles. The minimum absolute atomic E-state index is 0.115. The van der Waals surface area contributed by atoms with Crippen LogP contribution >= 0.6 is 22.9 Å². The molecule has 0 saturated carbocycles. The lowest BCUT2D eigenvalue weighted by Gasteiger charge is -2.39. The van der Waals surface area contributed by atoms with Crippen molar-refractivity contribution < 1.29 is 4.52 Å². The number of rotatable bonds is 3. The third-order valence-corrected chi connectivity index (χ3v) is 10.4. The number of nitriles is 1. The summed E-state index contributed by atoms with van der Waals surface area (Å²) in [6.45, 7) is 3.26. The number of hydrogen-bond acceptors (Lipinski definition) is 9. The monoisotopic (exact) mass is 548 g/mol. The molecule has 0 amide bonds. The number of nitrogens with zero attached hydrogens (tertiary/aromatic N) is 7. The van der Waals surface area contributed by atoms with Crippen LogP contribution in [0.5, 0.6) is 0 Å². The van der Waals surface area contributed by atoms with Crippen LogP contribution in [0.15, 0.2) is 10.7 Å². The van der Waals surface area contributed by atoms with Gasteiger partial charge in [-0.1, -0.05) is 16.8 Å². The molecule has 4 aromatic rings. The molecule has 3 aliphatic rings. The van der Waals surface area contributed by atoms with Gasteiger partial charge in [0.2, 0.25) is 0 Å². The first-order valence-corrected chi connectivity index (χ1v) is 14.5. The van der Waals surface area contributed by atoms with Gasteiger partial charge in [0.1, 0.15) is 11.1 Å². The average molecular weight is 549 g/mol. The van der Waals surface area contributed by atoms with E-state index in [0.29, 0.717) is 38.9 Å². The number of likely N-dealkylation sites (tertiary alicyclic amines) is 1. The summed E-state index contributed by atoms with van der Waals surface area (Å²) < 4.78 is 8.11. The van der Waals surface area contributed by atoms with Crippen LogP contribution in [-0.2, 0) is 18.3 Å². The van der Waals surface area contributed by atoms with Gasteiger partial charge in [0.25, 0.3) is 0 Å². The number of halogens is 1. The van der Waals surface area contributed by atoms with Gasteiger partial charge < -0.3 is 15.2 Å². The van der Waals surface area contributed by atoms with Crippen LogP contribution in [0.3, 0.4) is 0 Å². The van der Waals surface area contributed by atoms with Gasteiger partial charge in [-0.2, -0.15) is 10.4 Å². The SMILES string of the molecule is CC(C1CCCN1C)n1nc(Cl)c2cnc(-c3noc4c3CCCC43CCCc4sc(N)c(C#N)c43)nc21. The van der Waals surface area contributed by atoms with Gasteiger partial charge >= 0.3 is 0 Å². The third kappa shape index (κ3) is 3.31. The Labute approximate surface area is 229 Å². The molecule has 0 aromatic carbocycles. The molecule has 0 bridgehead atoms. The maximum Gasteiger partial charge on any atom is 0.184 e. The van der Waals surface area contributed by atoms with Crippen LogP contribution in [0.1, 0.15) is 78.8 Å². The Balaban J connectivity index is 1.35. The highest BCUT2D eigenvalue weighted by molar-refractivity contribution is 7.16. The van der Waals surface area contributed by atoms with Crippen LogP contribution < -0.4 is 5.73 Å². The molecule has 0 radical (unpaired) electrons. The maximum absolute atomic E-state index is 9.97. The molecule has 5 heterocycles. The lowest BCUT2D eigenvalue weighted by atomic mass is 9.63. The molecule has 1 spiro atoms. The minimum Gasteiger partial charge on any atom is -0.389 e. The summed E-state index contributed by atoms with van der Waals surface area (Å²) in [5.74, 6) is 1.37. The fraction of sp³-hybridized carbons (Fsp3) is 0.519. The van der Waals surface area contributed by atoms with E-state index < -0.39 is 0 Å². The fourth-order valence-corrected chi connectivity index (χ4v) is 8.59. The van der Waals surface area contributed by atoms with Gasteiger partial charge in [-0.05, 0) is 77.4 Å². The number of aromatic nitrogens is 5. The highest BCUT2D eigenvalue weighted by Gasteiger charge is 2.48. The number of aryl methyl sites for hydroxylation is 1. The van der Waals surface area contributed by atoms with E-state index >= 15 is 0 Å². The quantitative estimate of drug-likeness (QED) is 0.367. The van der Waals surface area contributed by atoms with Gasteiger partial charge in [0.15, 0.2) is 28.1 Å². The van der Waals surface area contributed by atoms with Crippen LogP contribution in [0.4, 0.5) is 5.00 Å². The lowest BCUT2D eigenvalue weighted by Crippen LogP contribution is -2.35. The smallest absolute Gasteiger partial charge is 0.184 e. The molecular weight excluding hydrogens is 520 g/mol. The largest absolute Gasteiger partial charge is 0.389 e. The second-order valence-electron chi connectivity index (χ2n) is 11.0. The molecule has 1 aliphatic heterocycles. The summed E-state index contributed by atoms with van der Waals surface area (Å²) in [6.07, 6.45) is 9.66. The standard InChI is InChI=1S/C27H29ClN8OS/c1-14(18-7-5-11-35(18)2)36-26-17(23(28)33-36)13-31-25(32-26)21-15-6-3-9-27(22(15)37-34-21)10-4-8-19-20(27)16(12-29)24(30)38-19/h13-14,18H,3-11,30H2,1-2H3. The number of thiophene rings is 1. The summed E-state index contributed by atoms with van der Waals surface area (Å²) >= 11 is 8.09. The van der Waals surface area contributed by atoms with Gasteiger partial charge in [-0.25, -0.2) is 14.6 Å². The molecule has 3 unspecified atom stereocenters. The molecule has 2 N–H and O–H groups in total. The lowest BCUT2D eigenvalue weighted by molar-refractivity contribution is 0.232. The van der Waals surface area contributed by atoms with Crippen molar-refractivity contribution in [1.29, 1.82) is 5.26 Å². The van der Waals surface area contributed by atoms with E-state index in [1.165, 1.54) is 11.3 Å². The number of likely N-dealkylation sites (N-methyl/N-ethyl adjacent to an activating group) is 1. The highest BCUT2D eigenvalue weighted by atomic mass is 35.5. The molecule has 3 atom stereocenters. The first-order valence-electron chi connectivity index (χ1n) is 13.3. The number of hydrogen-bond donors (Lipinski definition) is 1. The molecule has 7 rings (SSSR count). The third-order valence-electron chi connectivity index (χ3n) is 8.99. The Bertz CT molecular complexity index is 1610. The van der Waals surface area contributed by atoms with Gasteiger partial charge in [-0.15, -0.1) is 11.3 Å². The summed E-state index contributed by atoms with van der Waals surface area (Å²) in [4.78, 5) is 13.2. The molecule has 38 heavy (non-hydrogen) atoms. The van der Waals surface area contributed by atoms with Crippen LogP contribution in [0.25, 0.3) is 22.6 Å². The van der Waals surface area contributed by atoms with Crippen LogP contribution in [-0.4, -0.2) is 49.4 Å². The zero-order valence-electron chi connectivity index (χ0n) is 21.5. The summed E-state index contributed by atoms with van der Waals surface area (Å²) in [6, 6.07) is 2.87. The van der Waals surface area contributed by atoms with Gasteiger partial charge in [0.05, 0.1) is 22.4 Å². The van der Waals surface area contributed by atoms with E-state index in [1.807, 2.05) is 4.68 Å². The predicted molar refractivity (Wildman–Crippen MR) is 146 cm³/mol. The van der Waals surface area contributed by atoms with Gasteiger partial charge in [0, 0.05) is 22.7 Å². The molecular formula is C27H29ClN8OS. The van der Waals surface area contributed by atoms with E-state index in [1.54, 1.807) is 17.5 Å². The molecule has 1 fully saturated rings. The van der Waals surface area contributed by atoms with Crippen molar-refractivity contribution in [3.8, 4) is 17.6 Å². The van der Waals surface area contributed by atoms with Crippen LogP contribution in [0, 0.1) is 11.3 Å². The summed E-state index contributed by atoms with van der Waals surface area (Å²) in [7, 11) is 2.16. The molecule has 1 saturated heterocycles. The minimum atomic E-state index is -0.373. The Morgan fingerprint density at radius 2 is 2.11 bits per heavy atom. The van der Waals surface area contributed by atoms with Crippen LogP contribution in [0.2, 0.25) is 5.15 Å². The van der Waals surface area contributed by atoms with Gasteiger partial charge in [-0.3, -0.25) is 0 Å². The first-order chi connectivity index (χ1) is 18.4. The topological polar surface area (TPSA) is 123 Å². The Morgan fingerprint density at radius 3 is 2.87 bits per heavy atom. The number of fused-ring (bicyclic) bond motifs is 5. The zero-order chi connectivity index (χ0) is 26.2. The van der Waals surface area contributed by atoms with E-state index in [-0.39, 0.29) is 11.5 Å². The maximum atomic E-state index is 9.97. The van der Waals surface area contributed by atoms with Crippen molar-refractivity contribution >= 4 is 39.0 Å². The van der Waals surface area contributed by atoms with Crippen molar-refractivity contribution in [2.24, 2.45) is 0 Å². The molecule has 11 heteroatoms. The number of nitrogens with two attached hydrogens (primary N) is 1. The normalized spacial score (nSPS) is 24.0. The summed E-state index contributed by atoms with van der Waals surface area (Å²) in [5, 5.41) is 20.9. The molecule has 2 aliphatic carbocycles. The molecule has 196 valence electrons. The Kier molecular flexibility index (Phi) is 5.55. The highest BCUT2D eigenvalue weighted by Crippen LogP contribution is 2.55. The average Bonchev–Trinajstić information content (AvgIpc) is 3.68. The zero-order valence-corrected chi connectivity index (χ0v) is 23.1. The Morgan fingerprint density at radius 1 is 1.29 bits per heavy atom. The predicted octanol–water partition coefficient (Wildman–Crippen LogP) is 5.26. The van der Waals surface area contributed by atoms with E-state index in [4.69, 9.17) is 26.8 Å². The fourth-order valence-electron chi connectivity index (χ4n) is 7.21.